The molecule has 0 unspecified atom stereocenters. The third-order valence-electron chi connectivity index (χ3n) is 1.78. The summed E-state index contributed by atoms with van der Waals surface area (Å²) < 4.78 is 12.7. The predicted molar refractivity (Wildman–Crippen MR) is 54.5 cm³/mol. The van der Waals surface area contributed by atoms with Crippen molar-refractivity contribution in [1.82, 2.24) is 0 Å². The molecule has 84 valence electrons. The number of benzene rings is 1. The second-order valence-electron chi connectivity index (χ2n) is 2.91. The molecule has 0 amide bonds. The Kier molecular flexibility index (Phi) is 5.04. The lowest BCUT2D eigenvalue weighted by Crippen LogP contribution is -2.15. The van der Waals surface area contributed by atoms with Gasteiger partial charge in [0.05, 0.1) is 6.42 Å². The zero-order valence-corrected chi connectivity index (χ0v) is 8.50. The number of hydrogen-bond acceptors (Lipinski definition) is 3. The van der Waals surface area contributed by atoms with E-state index >= 15 is 0 Å². The number of aromatic hydroxyl groups is 1. The molecule has 0 saturated heterocycles. The van der Waals surface area contributed by atoms with Gasteiger partial charge in [-0.1, -0.05) is 0 Å². The Labute approximate surface area is 91.9 Å². The lowest BCUT2D eigenvalue weighted by atomic mass is 10.0. The van der Waals surface area contributed by atoms with Gasteiger partial charge in [0, 0.05) is 11.6 Å². The number of aliphatic carboxylic acids is 1. The minimum absolute atomic E-state index is 0. The van der Waals surface area contributed by atoms with Crippen molar-refractivity contribution >= 4 is 18.4 Å². The maximum atomic E-state index is 12.7. The van der Waals surface area contributed by atoms with Gasteiger partial charge in [0.25, 0.3) is 0 Å². The first-order valence-corrected chi connectivity index (χ1v) is 3.96. The van der Waals surface area contributed by atoms with E-state index < -0.39 is 17.8 Å². The molecule has 1 rings (SSSR count). The normalized spacial score (nSPS) is 11.6. The number of carboxylic acids is 1. The molecule has 1 atom stereocenters. The largest absolute Gasteiger partial charge is 0.508 e. The Balaban J connectivity index is 0.00000196. The second kappa shape index (κ2) is 5.53. The summed E-state index contributed by atoms with van der Waals surface area (Å²) in [7, 11) is 0. The van der Waals surface area contributed by atoms with E-state index in [0.29, 0.717) is 0 Å². The zero-order chi connectivity index (χ0) is 10.7. The standard InChI is InChI=1S/C9H10FNO3.ClH/c10-5-1-2-8(12)6(3-5)7(11)4-9(13)14;/h1-3,7,12H,4,11H2,(H,13,14);1H/t7-;/m1./s1. The van der Waals surface area contributed by atoms with Crippen molar-refractivity contribution < 1.29 is 19.4 Å². The smallest absolute Gasteiger partial charge is 0.305 e. The van der Waals surface area contributed by atoms with E-state index in [2.05, 4.69) is 0 Å². The molecule has 0 heterocycles. The summed E-state index contributed by atoms with van der Waals surface area (Å²) in [4.78, 5) is 10.3. The van der Waals surface area contributed by atoms with Gasteiger partial charge >= 0.3 is 5.97 Å². The van der Waals surface area contributed by atoms with E-state index in [4.69, 9.17) is 10.8 Å². The van der Waals surface area contributed by atoms with Crippen LogP contribution in [-0.2, 0) is 4.79 Å². The highest BCUT2D eigenvalue weighted by Gasteiger charge is 2.14. The molecule has 6 heteroatoms. The second-order valence-corrected chi connectivity index (χ2v) is 2.91. The number of rotatable bonds is 3. The summed E-state index contributed by atoms with van der Waals surface area (Å²) >= 11 is 0. The van der Waals surface area contributed by atoms with Crippen molar-refractivity contribution in [2.24, 2.45) is 5.73 Å². The molecule has 0 aliphatic heterocycles. The van der Waals surface area contributed by atoms with Gasteiger partial charge in [-0.2, -0.15) is 0 Å². The van der Waals surface area contributed by atoms with Crippen molar-refractivity contribution in [3.05, 3.63) is 29.6 Å². The van der Waals surface area contributed by atoms with Gasteiger partial charge in [0.1, 0.15) is 11.6 Å². The lowest BCUT2D eigenvalue weighted by molar-refractivity contribution is -0.137. The average Bonchev–Trinajstić information content (AvgIpc) is 2.08. The molecule has 1 aromatic rings. The molecule has 0 aliphatic carbocycles. The Morgan fingerprint density at radius 3 is 2.67 bits per heavy atom. The van der Waals surface area contributed by atoms with E-state index in [9.17, 15) is 14.3 Å². The van der Waals surface area contributed by atoms with Crippen LogP contribution in [-0.4, -0.2) is 16.2 Å². The number of phenolic OH excluding ortho intramolecular Hbond substituents is 1. The van der Waals surface area contributed by atoms with Gasteiger partial charge in [0.15, 0.2) is 0 Å². The number of carboxylic acid groups (broad SMARTS) is 1. The number of phenols is 1. The van der Waals surface area contributed by atoms with Crippen molar-refractivity contribution in [2.75, 3.05) is 0 Å². The minimum Gasteiger partial charge on any atom is -0.508 e. The number of hydrogen-bond donors (Lipinski definition) is 3. The Morgan fingerprint density at radius 1 is 1.53 bits per heavy atom. The van der Waals surface area contributed by atoms with Crippen LogP contribution in [0.15, 0.2) is 18.2 Å². The average molecular weight is 236 g/mol. The monoisotopic (exact) mass is 235 g/mol. The fourth-order valence-corrected chi connectivity index (χ4v) is 1.12. The van der Waals surface area contributed by atoms with Crippen molar-refractivity contribution in [1.29, 1.82) is 0 Å². The Morgan fingerprint density at radius 2 is 2.13 bits per heavy atom. The number of halogens is 2. The zero-order valence-electron chi connectivity index (χ0n) is 7.68. The molecular weight excluding hydrogens is 225 g/mol. The quantitative estimate of drug-likeness (QED) is 0.740. The van der Waals surface area contributed by atoms with Crippen LogP contribution >= 0.6 is 12.4 Å². The third kappa shape index (κ3) is 3.73. The molecular formula is C9H11ClFNO3. The van der Waals surface area contributed by atoms with Crippen LogP contribution in [0.1, 0.15) is 18.0 Å². The molecule has 0 aromatic heterocycles. The van der Waals surface area contributed by atoms with Gasteiger partial charge in [-0.05, 0) is 18.2 Å². The van der Waals surface area contributed by atoms with E-state index in [1.807, 2.05) is 0 Å². The van der Waals surface area contributed by atoms with Crippen LogP contribution < -0.4 is 5.73 Å². The summed E-state index contributed by atoms with van der Waals surface area (Å²) in [6, 6.07) is 2.35. The Bertz CT molecular complexity index is 359. The molecule has 1 aromatic carbocycles. The van der Waals surface area contributed by atoms with E-state index in [0.717, 1.165) is 18.2 Å². The fraction of sp³-hybridized carbons (Fsp3) is 0.222. The summed E-state index contributed by atoms with van der Waals surface area (Å²) in [6.45, 7) is 0. The van der Waals surface area contributed by atoms with E-state index in [1.54, 1.807) is 0 Å². The lowest BCUT2D eigenvalue weighted by Gasteiger charge is -2.10. The SMILES string of the molecule is Cl.N[C@H](CC(=O)O)c1cc(F)ccc1O. The van der Waals surface area contributed by atoms with Gasteiger partial charge < -0.3 is 15.9 Å². The topological polar surface area (TPSA) is 83.6 Å². The van der Waals surface area contributed by atoms with Crippen LogP contribution in [0.2, 0.25) is 0 Å². The summed E-state index contributed by atoms with van der Waals surface area (Å²) in [5.74, 6) is -1.85. The third-order valence-corrected chi connectivity index (χ3v) is 1.78. The van der Waals surface area contributed by atoms with Crippen molar-refractivity contribution in [3.63, 3.8) is 0 Å². The summed E-state index contributed by atoms with van der Waals surface area (Å²) in [5.41, 5.74) is 5.56. The van der Waals surface area contributed by atoms with Crippen LogP contribution in [0.4, 0.5) is 4.39 Å². The van der Waals surface area contributed by atoms with Crippen LogP contribution in [0.3, 0.4) is 0 Å². The molecule has 0 aliphatic rings. The van der Waals surface area contributed by atoms with E-state index in [1.165, 1.54) is 0 Å². The molecule has 0 spiro atoms. The van der Waals surface area contributed by atoms with Gasteiger partial charge in [0.2, 0.25) is 0 Å². The van der Waals surface area contributed by atoms with Crippen LogP contribution in [0.5, 0.6) is 5.75 Å². The fourth-order valence-electron chi connectivity index (χ4n) is 1.12. The Hall–Kier alpha value is -1.33. The number of nitrogens with two attached hydrogens (primary N) is 1. The van der Waals surface area contributed by atoms with Gasteiger partial charge in [-0.3, -0.25) is 4.79 Å². The molecule has 0 bridgehead atoms. The molecule has 4 N–H and O–H groups in total. The maximum Gasteiger partial charge on any atom is 0.305 e. The number of carbonyl (C=O) groups is 1. The van der Waals surface area contributed by atoms with Gasteiger partial charge in [-0.25, -0.2) is 4.39 Å². The van der Waals surface area contributed by atoms with E-state index in [-0.39, 0.29) is 30.1 Å². The molecule has 0 fully saturated rings. The molecule has 0 saturated carbocycles. The first kappa shape index (κ1) is 13.7. The molecule has 0 radical (unpaired) electrons. The molecule has 4 nitrogen and oxygen atoms in total. The van der Waals surface area contributed by atoms with Crippen LogP contribution in [0, 0.1) is 5.82 Å². The first-order valence-electron chi connectivity index (χ1n) is 3.96. The van der Waals surface area contributed by atoms with Crippen molar-refractivity contribution in [3.8, 4) is 5.75 Å². The van der Waals surface area contributed by atoms with Gasteiger partial charge in [-0.15, -0.1) is 12.4 Å². The highest BCUT2D eigenvalue weighted by Crippen LogP contribution is 2.25. The predicted octanol–water partition coefficient (Wildman–Crippen LogP) is 1.43. The summed E-state index contributed by atoms with van der Waals surface area (Å²) in [6.07, 6.45) is -0.350. The maximum absolute atomic E-state index is 12.7. The summed E-state index contributed by atoms with van der Waals surface area (Å²) in [5, 5.41) is 17.7. The first-order chi connectivity index (χ1) is 6.50. The highest BCUT2D eigenvalue weighted by atomic mass is 35.5. The molecule has 15 heavy (non-hydrogen) atoms. The minimum atomic E-state index is -1.10. The highest BCUT2D eigenvalue weighted by molar-refractivity contribution is 5.85. The van der Waals surface area contributed by atoms with Crippen molar-refractivity contribution in [2.45, 2.75) is 12.5 Å². The van der Waals surface area contributed by atoms with Crippen LogP contribution in [0.25, 0.3) is 0 Å².